The normalized spacial score (nSPS) is 10.9. The molecule has 0 saturated heterocycles. The summed E-state index contributed by atoms with van der Waals surface area (Å²) in [6, 6.07) is 6.06. The highest BCUT2D eigenvalue weighted by atomic mass is 35.5. The lowest BCUT2D eigenvalue weighted by molar-refractivity contribution is 1.10. The maximum absolute atomic E-state index is 5.82. The van der Waals surface area contributed by atoms with Crippen molar-refractivity contribution in [1.29, 1.82) is 0 Å². The van der Waals surface area contributed by atoms with Crippen molar-refractivity contribution in [3.05, 3.63) is 39.9 Å². The Bertz CT molecular complexity index is 646. The Kier molecular flexibility index (Phi) is 2.70. The fraction of sp³-hybridized carbons (Fsp3) is 0.0909. The van der Waals surface area contributed by atoms with E-state index < -0.39 is 0 Å². The van der Waals surface area contributed by atoms with Gasteiger partial charge in [-0.25, -0.2) is 4.98 Å². The zero-order chi connectivity index (χ0) is 11.7. The van der Waals surface area contributed by atoms with Crippen molar-refractivity contribution in [2.24, 2.45) is 0 Å². The molecule has 3 rings (SSSR count). The summed E-state index contributed by atoms with van der Waals surface area (Å²) in [6.45, 7) is 0.681. The number of anilines is 1. The van der Waals surface area contributed by atoms with Gasteiger partial charge in [-0.2, -0.15) is 5.10 Å². The number of rotatable bonds is 3. The molecule has 1 aromatic carbocycles. The van der Waals surface area contributed by atoms with E-state index in [1.165, 1.54) is 11.3 Å². The number of halogens is 1. The van der Waals surface area contributed by atoms with Crippen molar-refractivity contribution >= 4 is 39.5 Å². The average molecular weight is 265 g/mol. The monoisotopic (exact) mass is 264 g/mol. The minimum Gasteiger partial charge on any atom is -0.379 e. The maximum atomic E-state index is 5.82. The van der Waals surface area contributed by atoms with Crippen LogP contribution in [0, 0.1) is 0 Å². The molecule has 2 N–H and O–H groups in total. The molecule has 6 heteroatoms. The number of nitrogens with one attached hydrogen (secondary N) is 2. The number of aromatic nitrogens is 3. The lowest BCUT2D eigenvalue weighted by Gasteiger charge is -2.03. The lowest BCUT2D eigenvalue weighted by atomic mass is 10.2. The summed E-state index contributed by atoms with van der Waals surface area (Å²) in [5.41, 5.74) is 2.08. The fourth-order valence-corrected chi connectivity index (χ4v) is 2.50. The first-order valence-corrected chi connectivity index (χ1v) is 6.28. The lowest BCUT2D eigenvalue weighted by Crippen LogP contribution is -1.98. The molecule has 0 spiro atoms. The Balaban J connectivity index is 1.76. The van der Waals surface area contributed by atoms with Crippen molar-refractivity contribution in [3.8, 4) is 0 Å². The molecule has 17 heavy (non-hydrogen) atoms. The summed E-state index contributed by atoms with van der Waals surface area (Å²) >= 11 is 7.31. The van der Waals surface area contributed by atoms with Crippen LogP contribution in [0.4, 0.5) is 5.69 Å². The van der Waals surface area contributed by atoms with Crippen molar-refractivity contribution in [3.63, 3.8) is 0 Å². The summed E-state index contributed by atoms with van der Waals surface area (Å²) in [7, 11) is 0. The number of nitrogens with zero attached hydrogens (tertiary/aromatic N) is 2. The van der Waals surface area contributed by atoms with Crippen LogP contribution in [-0.4, -0.2) is 15.2 Å². The van der Waals surface area contributed by atoms with Crippen LogP contribution in [0.25, 0.3) is 10.9 Å². The number of benzene rings is 1. The van der Waals surface area contributed by atoms with Gasteiger partial charge in [0.2, 0.25) is 0 Å². The van der Waals surface area contributed by atoms with Gasteiger partial charge in [-0.05, 0) is 18.2 Å². The quantitative estimate of drug-likeness (QED) is 0.763. The van der Waals surface area contributed by atoms with Crippen LogP contribution in [0.2, 0.25) is 4.34 Å². The van der Waals surface area contributed by atoms with Gasteiger partial charge in [0.1, 0.15) is 9.34 Å². The van der Waals surface area contributed by atoms with Crippen LogP contribution in [0.1, 0.15) is 5.01 Å². The van der Waals surface area contributed by atoms with Gasteiger partial charge in [0.05, 0.1) is 24.5 Å². The second-order valence-electron chi connectivity index (χ2n) is 3.58. The summed E-state index contributed by atoms with van der Waals surface area (Å²) in [4.78, 5) is 4.19. The minimum atomic E-state index is 0.681. The first-order valence-electron chi connectivity index (χ1n) is 5.08. The van der Waals surface area contributed by atoms with Crippen molar-refractivity contribution < 1.29 is 0 Å². The van der Waals surface area contributed by atoms with E-state index in [2.05, 4.69) is 20.5 Å². The zero-order valence-corrected chi connectivity index (χ0v) is 10.3. The number of thiazole rings is 1. The fourth-order valence-electron chi connectivity index (χ4n) is 1.60. The predicted octanol–water partition coefficient (Wildman–Crippen LogP) is 3.28. The first-order chi connectivity index (χ1) is 8.31. The standard InChI is InChI=1S/C11H9ClN4S/c12-10-5-14-11(17-10)6-13-8-1-2-9-7(3-8)4-15-16-9/h1-5,13H,6H2,(H,15,16). The Hall–Kier alpha value is -1.59. The summed E-state index contributed by atoms with van der Waals surface area (Å²) in [5, 5.41) is 12.3. The Morgan fingerprint density at radius 3 is 3.12 bits per heavy atom. The summed E-state index contributed by atoms with van der Waals surface area (Å²) in [6.07, 6.45) is 3.48. The molecule has 0 fully saturated rings. The van der Waals surface area contributed by atoms with Crippen LogP contribution in [-0.2, 0) is 6.54 Å². The molecule has 0 radical (unpaired) electrons. The highest BCUT2D eigenvalue weighted by Gasteiger charge is 2.01. The van der Waals surface area contributed by atoms with Crippen molar-refractivity contribution in [2.75, 3.05) is 5.32 Å². The molecule has 0 bridgehead atoms. The van der Waals surface area contributed by atoms with Crippen LogP contribution in [0.15, 0.2) is 30.6 Å². The van der Waals surface area contributed by atoms with Gasteiger partial charge in [-0.3, -0.25) is 5.10 Å². The summed E-state index contributed by atoms with van der Waals surface area (Å²) in [5.74, 6) is 0. The second-order valence-corrected chi connectivity index (χ2v) is 5.33. The van der Waals surface area contributed by atoms with Crippen molar-refractivity contribution in [1.82, 2.24) is 15.2 Å². The van der Waals surface area contributed by atoms with Crippen molar-refractivity contribution in [2.45, 2.75) is 6.54 Å². The van der Waals surface area contributed by atoms with Crippen LogP contribution < -0.4 is 5.32 Å². The zero-order valence-electron chi connectivity index (χ0n) is 8.77. The first kappa shape index (κ1) is 10.6. The predicted molar refractivity (Wildman–Crippen MR) is 70.5 cm³/mol. The molecule has 0 aliphatic heterocycles. The van der Waals surface area contributed by atoms with Gasteiger partial charge < -0.3 is 5.32 Å². The average Bonchev–Trinajstić information content (AvgIpc) is 2.94. The largest absolute Gasteiger partial charge is 0.379 e. The molecule has 2 aromatic heterocycles. The van der Waals surface area contributed by atoms with Crippen LogP contribution in [0.3, 0.4) is 0 Å². The number of hydrogen-bond donors (Lipinski definition) is 2. The number of aromatic amines is 1. The van der Waals surface area contributed by atoms with Crippen LogP contribution in [0.5, 0.6) is 0 Å². The highest BCUT2D eigenvalue weighted by molar-refractivity contribution is 7.15. The number of fused-ring (bicyclic) bond motifs is 1. The van der Waals surface area contributed by atoms with Gasteiger partial charge in [-0.1, -0.05) is 11.6 Å². The smallest absolute Gasteiger partial charge is 0.113 e. The molecule has 0 atom stereocenters. The Morgan fingerprint density at radius 2 is 2.29 bits per heavy atom. The van der Waals surface area contributed by atoms with Gasteiger partial charge in [-0.15, -0.1) is 11.3 Å². The molecule has 3 aromatic rings. The van der Waals surface area contributed by atoms with E-state index in [-0.39, 0.29) is 0 Å². The Morgan fingerprint density at radius 1 is 1.35 bits per heavy atom. The molecule has 0 saturated carbocycles. The van der Waals surface area contributed by atoms with Gasteiger partial charge in [0.25, 0.3) is 0 Å². The van der Waals surface area contributed by atoms with E-state index in [1.54, 1.807) is 12.4 Å². The van der Waals surface area contributed by atoms with E-state index in [9.17, 15) is 0 Å². The second kappa shape index (κ2) is 4.35. The molecular weight excluding hydrogens is 256 g/mol. The van der Waals surface area contributed by atoms with Crippen LogP contribution >= 0.6 is 22.9 Å². The number of H-pyrrole nitrogens is 1. The molecule has 0 amide bonds. The van der Waals surface area contributed by atoms with E-state index in [4.69, 9.17) is 11.6 Å². The van der Waals surface area contributed by atoms with E-state index in [1.807, 2.05) is 18.2 Å². The topological polar surface area (TPSA) is 53.6 Å². The molecule has 86 valence electrons. The molecular formula is C11H9ClN4S. The minimum absolute atomic E-state index is 0.681. The SMILES string of the molecule is Clc1cnc(CNc2ccc3[nH]ncc3c2)s1. The third-order valence-corrected chi connectivity index (χ3v) is 3.52. The van der Waals surface area contributed by atoms with E-state index in [0.717, 1.165) is 21.6 Å². The maximum Gasteiger partial charge on any atom is 0.113 e. The van der Waals surface area contributed by atoms with Gasteiger partial charge in [0.15, 0.2) is 0 Å². The molecule has 4 nitrogen and oxygen atoms in total. The van der Waals surface area contributed by atoms with E-state index in [0.29, 0.717) is 10.9 Å². The highest BCUT2D eigenvalue weighted by Crippen LogP contribution is 2.21. The molecule has 0 aliphatic carbocycles. The third kappa shape index (κ3) is 2.25. The molecule has 2 heterocycles. The Labute approximate surface area is 107 Å². The third-order valence-electron chi connectivity index (χ3n) is 2.41. The number of hydrogen-bond acceptors (Lipinski definition) is 4. The van der Waals surface area contributed by atoms with Gasteiger partial charge >= 0.3 is 0 Å². The molecule has 0 aliphatic rings. The summed E-state index contributed by atoms with van der Waals surface area (Å²) < 4.78 is 0.715. The molecule has 0 unspecified atom stereocenters. The van der Waals surface area contributed by atoms with E-state index >= 15 is 0 Å². The van der Waals surface area contributed by atoms with Gasteiger partial charge in [0, 0.05) is 11.1 Å².